The number of aromatic nitrogens is 2. The van der Waals surface area contributed by atoms with Crippen molar-refractivity contribution < 1.29 is 9.53 Å². The summed E-state index contributed by atoms with van der Waals surface area (Å²) in [7, 11) is 1.49. The number of thiocarbonyl (C=S) groups is 1. The van der Waals surface area contributed by atoms with Crippen molar-refractivity contribution in [3.8, 4) is 5.69 Å². The van der Waals surface area contributed by atoms with Crippen molar-refractivity contribution in [1.29, 1.82) is 0 Å². The van der Waals surface area contributed by atoms with Crippen molar-refractivity contribution >= 4 is 57.8 Å². The molecule has 2 N–H and O–H groups in total. The summed E-state index contributed by atoms with van der Waals surface area (Å²) in [4.78, 5) is 18.9. The van der Waals surface area contributed by atoms with Gasteiger partial charge in [-0.15, -0.1) is 0 Å². The number of carbonyl (C=O) groups is 1. The molecule has 0 aliphatic carbocycles. The summed E-state index contributed by atoms with van der Waals surface area (Å²) in [5, 5.41) is 8.16. The molecule has 206 valence electrons. The highest BCUT2D eigenvalue weighted by Crippen LogP contribution is 2.44. The topological polar surface area (TPSA) is 71.4 Å². The van der Waals surface area contributed by atoms with Crippen molar-refractivity contribution in [2.45, 2.75) is 32.9 Å². The first-order valence-corrected chi connectivity index (χ1v) is 13.9. The van der Waals surface area contributed by atoms with Gasteiger partial charge in [0.15, 0.2) is 5.11 Å². The van der Waals surface area contributed by atoms with E-state index in [1.165, 1.54) is 7.11 Å². The number of amides is 1. The van der Waals surface area contributed by atoms with E-state index >= 15 is 0 Å². The summed E-state index contributed by atoms with van der Waals surface area (Å²) >= 11 is 18.8. The molecule has 1 amide bonds. The molecule has 0 spiro atoms. The van der Waals surface area contributed by atoms with Crippen molar-refractivity contribution in [3.63, 3.8) is 0 Å². The Labute approximate surface area is 249 Å². The first kappa shape index (κ1) is 28.1. The Morgan fingerprint density at radius 1 is 1.10 bits per heavy atom. The molecule has 40 heavy (non-hydrogen) atoms. The standard InChI is InChI=1S/C30H29Cl2N5O2S/c1-17-13-21(9-10-24(17)34-27(38)16-39-4)37-29(28(35-30(37)40)25-7-5-6-12-33-25)22-14-18(2)36(19(22)3)26-11-8-20(31)15-23(26)32/h5-15,28-29H,16H2,1-4H3,(H,34,38)(H,35,40)/t28-,29+/m0/s1. The van der Waals surface area contributed by atoms with Crippen LogP contribution in [0.15, 0.2) is 66.9 Å². The van der Waals surface area contributed by atoms with Crippen LogP contribution < -0.4 is 15.5 Å². The van der Waals surface area contributed by atoms with E-state index in [0.29, 0.717) is 15.2 Å². The van der Waals surface area contributed by atoms with Gasteiger partial charge in [0.05, 0.1) is 28.5 Å². The van der Waals surface area contributed by atoms with Gasteiger partial charge in [-0.25, -0.2) is 0 Å². The number of halogens is 2. The fourth-order valence-corrected chi connectivity index (χ4v) is 6.16. The number of methoxy groups -OCH3 is 1. The van der Waals surface area contributed by atoms with E-state index in [0.717, 1.165) is 45.3 Å². The van der Waals surface area contributed by atoms with E-state index in [9.17, 15) is 4.79 Å². The molecular formula is C30H29Cl2N5O2S. The van der Waals surface area contributed by atoms with Gasteiger partial charge in [-0.1, -0.05) is 29.3 Å². The predicted octanol–water partition coefficient (Wildman–Crippen LogP) is 6.87. The summed E-state index contributed by atoms with van der Waals surface area (Å²) in [5.74, 6) is -0.210. The van der Waals surface area contributed by atoms with Crippen LogP contribution in [0.25, 0.3) is 5.69 Å². The van der Waals surface area contributed by atoms with Crippen LogP contribution in [-0.2, 0) is 9.53 Å². The van der Waals surface area contributed by atoms with E-state index in [1.807, 2.05) is 55.5 Å². The van der Waals surface area contributed by atoms with E-state index in [1.54, 1.807) is 12.3 Å². The highest BCUT2D eigenvalue weighted by atomic mass is 35.5. The zero-order chi connectivity index (χ0) is 28.6. The third-order valence-corrected chi connectivity index (χ3v) is 7.93. The van der Waals surface area contributed by atoms with Gasteiger partial charge in [-0.2, -0.15) is 0 Å². The summed E-state index contributed by atoms with van der Waals surface area (Å²) in [6.45, 7) is 6.09. The SMILES string of the molecule is COCC(=O)Nc1ccc(N2C(=S)N[C@@H](c3ccccn3)[C@H]2c2cc(C)n(-c3ccc(Cl)cc3Cl)c2C)cc1C. The zero-order valence-corrected chi connectivity index (χ0v) is 24.9. The molecule has 0 unspecified atom stereocenters. The third-order valence-electron chi connectivity index (χ3n) is 7.08. The van der Waals surface area contributed by atoms with Gasteiger partial charge in [0, 0.05) is 41.1 Å². The lowest BCUT2D eigenvalue weighted by Gasteiger charge is -2.29. The van der Waals surface area contributed by atoms with Crippen LogP contribution in [0, 0.1) is 20.8 Å². The molecule has 2 atom stereocenters. The van der Waals surface area contributed by atoms with Crippen LogP contribution in [-0.4, -0.2) is 34.3 Å². The molecule has 1 aliphatic heterocycles. The predicted molar refractivity (Wildman–Crippen MR) is 165 cm³/mol. The number of benzene rings is 2. The monoisotopic (exact) mass is 593 g/mol. The van der Waals surface area contributed by atoms with Gasteiger partial charge >= 0.3 is 0 Å². The van der Waals surface area contributed by atoms with Crippen LogP contribution in [0.2, 0.25) is 10.0 Å². The molecule has 0 bridgehead atoms. The number of rotatable bonds is 7. The van der Waals surface area contributed by atoms with Gasteiger partial charge in [-0.05, 0) is 98.7 Å². The third kappa shape index (κ3) is 5.32. The number of nitrogens with one attached hydrogen (secondary N) is 2. The molecule has 2 aromatic heterocycles. The van der Waals surface area contributed by atoms with Crippen molar-refractivity contribution in [2.24, 2.45) is 0 Å². The number of anilines is 2. The summed E-state index contributed by atoms with van der Waals surface area (Å²) < 4.78 is 7.09. The number of nitrogens with zero attached hydrogens (tertiary/aromatic N) is 3. The lowest BCUT2D eigenvalue weighted by Crippen LogP contribution is -2.29. The first-order chi connectivity index (χ1) is 19.2. The largest absolute Gasteiger partial charge is 0.375 e. The minimum atomic E-state index is -0.210. The maximum absolute atomic E-state index is 12.1. The molecule has 0 saturated carbocycles. The van der Waals surface area contributed by atoms with Crippen molar-refractivity contribution in [1.82, 2.24) is 14.9 Å². The zero-order valence-electron chi connectivity index (χ0n) is 22.5. The Kier molecular flexibility index (Phi) is 8.14. The molecule has 4 aromatic rings. The number of ether oxygens (including phenoxy) is 1. The second-order valence-electron chi connectivity index (χ2n) is 9.73. The number of carbonyl (C=O) groups excluding carboxylic acids is 1. The van der Waals surface area contributed by atoms with E-state index in [4.69, 9.17) is 40.2 Å². The normalized spacial score (nSPS) is 16.8. The molecule has 5 rings (SSSR count). The molecule has 1 fully saturated rings. The van der Waals surface area contributed by atoms with Gasteiger partial charge in [0.1, 0.15) is 6.61 Å². The van der Waals surface area contributed by atoms with E-state index < -0.39 is 0 Å². The van der Waals surface area contributed by atoms with Crippen molar-refractivity contribution in [3.05, 3.63) is 105 Å². The summed E-state index contributed by atoms with van der Waals surface area (Å²) in [6, 6.07) is 19.1. The van der Waals surface area contributed by atoms with Gasteiger partial charge in [0.2, 0.25) is 5.91 Å². The van der Waals surface area contributed by atoms with Crippen LogP contribution in [0.3, 0.4) is 0 Å². The maximum Gasteiger partial charge on any atom is 0.250 e. The Morgan fingerprint density at radius 3 is 2.58 bits per heavy atom. The molecule has 1 aliphatic rings. The second kappa shape index (κ2) is 11.6. The first-order valence-electron chi connectivity index (χ1n) is 12.7. The highest BCUT2D eigenvalue weighted by molar-refractivity contribution is 7.80. The smallest absolute Gasteiger partial charge is 0.250 e. The van der Waals surface area contributed by atoms with E-state index in [-0.39, 0.29) is 24.6 Å². The van der Waals surface area contributed by atoms with Crippen LogP contribution in [0.4, 0.5) is 11.4 Å². The fraction of sp³-hybridized carbons (Fsp3) is 0.233. The molecule has 0 radical (unpaired) electrons. The van der Waals surface area contributed by atoms with Gasteiger partial charge in [-0.3, -0.25) is 9.78 Å². The highest BCUT2D eigenvalue weighted by Gasteiger charge is 2.42. The molecule has 3 heterocycles. The lowest BCUT2D eigenvalue weighted by molar-refractivity contribution is -0.119. The molecule has 1 saturated heterocycles. The summed E-state index contributed by atoms with van der Waals surface area (Å²) in [6.07, 6.45) is 1.79. The average Bonchev–Trinajstić information content (AvgIpc) is 3.41. The fourth-order valence-electron chi connectivity index (χ4n) is 5.32. The minimum absolute atomic E-state index is 0.0115. The maximum atomic E-state index is 12.1. The minimum Gasteiger partial charge on any atom is -0.375 e. The summed E-state index contributed by atoms with van der Waals surface area (Å²) in [5.41, 5.74) is 7.41. The second-order valence-corrected chi connectivity index (χ2v) is 11.0. The Balaban J connectivity index is 1.62. The van der Waals surface area contributed by atoms with Crippen LogP contribution in [0.1, 0.15) is 40.3 Å². The Hall–Kier alpha value is -3.43. The van der Waals surface area contributed by atoms with Gasteiger partial charge < -0.3 is 24.8 Å². The van der Waals surface area contributed by atoms with Crippen molar-refractivity contribution in [2.75, 3.05) is 23.9 Å². The number of hydrogen-bond acceptors (Lipinski definition) is 4. The molecule has 2 aromatic carbocycles. The lowest BCUT2D eigenvalue weighted by atomic mass is 9.96. The average molecular weight is 595 g/mol. The number of hydrogen-bond donors (Lipinski definition) is 2. The number of aryl methyl sites for hydroxylation is 2. The van der Waals surface area contributed by atoms with Crippen LogP contribution >= 0.6 is 35.4 Å². The van der Waals surface area contributed by atoms with Crippen LogP contribution in [0.5, 0.6) is 0 Å². The molecule has 10 heteroatoms. The Morgan fingerprint density at radius 2 is 1.90 bits per heavy atom. The molecular weight excluding hydrogens is 565 g/mol. The van der Waals surface area contributed by atoms with Gasteiger partial charge in [0.25, 0.3) is 0 Å². The molecule has 7 nitrogen and oxygen atoms in total. The quantitative estimate of drug-likeness (QED) is 0.228. The number of pyridine rings is 1. The van der Waals surface area contributed by atoms with E-state index in [2.05, 4.69) is 45.0 Å². The Bertz CT molecular complexity index is 1590.